The van der Waals surface area contributed by atoms with E-state index < -0.39 is 6.10 Å². The summed E-state index contributed by atoms with van der Waals surface area (Å²) in [6, 6.07) is 7.31. The van der Waals surface area contributed by atoms with Gasteiger partial charge in [-0.2, -0.15) is 0 Å². The van der Waals surface area contributed by atoms with E-state index in [1.165, 1.54) is 0 Å². The first-order valence-corrected chi connectivity index (χ1v) is 7.44. The van der Waals surface area contributed by atoms with Crippen molar-refractivity contribution in [2.45, 2.75) is 37.8 Å². The van der Waals surface area contributed by atoms with Crippen LogP contribution in [0.4, 0.5) is 0 Å². The van der Waals surface area contributed by atoms with Gasteiger partial charge >= 0.3 is 0 Å². The zero-order chi connectivity index (χ0) is 15.2. The standard InChI is InChI=1S/C16H24N2O3/c1-21-13-7-5-11(6-8-13)15(19)10-18-16(20)9-12-3-2-4-14(12)17/h5-8,12,14-15,19H,2-4,9-10,17H2,1H3,(H,18,20)/t12-,14+,15?/m0/s1. The summed E-state index contributed by atoms with van der Waals surface area (Å²) in [6.45, 7) is 0.215. The second-order valence-electron chi connectivity index (χ2n) is 5.65. The highest BCUT2D eigenvalue weighted by molar-refractivity contribution is 5.76. The third-order valence-electron chi connectivity index (χ3n) is 4.16. The molecule has 1 unspecified atom stereocenters. The van der Waals surface area contributed by atoms with Crippen molar-refractivity contribution in [2.24, 2.45) is 11.7 Å². The molecule has 1 aromatic rings. The van der Waals surface area contributed by atoms with Gasteiger partial charge in [-0.1, -0.05) is 18.6 Å². The summed E-state index contributed by atoms with van der Waals surface area (Å²) in [5, 5.41) is 12.8. The molecule has 2 rings (SSSR count). The van der Waals surface area contributed by atoms with Crippen molar-refractivity contribution in [3.63, 3.8) is 0 Å². The Morgan fingerprint density at radius 3 is 2.71 bits per heavy atom. The maximum Gasteiger partial charge on any atom is 0.220 e. The highest BCUT2D eigenvalue weighted by Crippen LogP contribution is 2.26. The number of carbonyl (C=O) groups excluding carboxylic acids is 1. The van der Waals surface area contributed by atoms with Crippen LogP contribution in [0.15, 0.2) is 24.3 Å². The third kappa shape index (κ3) is 4.44. The fraction of sp³-hybridized carbons (Fsp3) is 0.562. The SMILES string of the molecule is COc1ccc(C(O)CNC(=O)C[C@@H]2CCC[C@H]2N)cc1. The van der Waals surface area contributed by atoms with Crippen LogP contribution in [0.1, 0.15) is 37.4 Å². The number of methoxy groups -OCH3 is 1. The molecule has 1 aliphatic rings. The van der Waals surface area contributed by atoms with Gasteiger partial charge in [0.05, 0.1) is 13.2 Å². The van der Waals surface area contributed by atoms with Crippen LogP contribution in [0.2, 0.25) is 0 Å². The van der Waals surface area contributed by atoms with Gasteiger partial charge in [0.2, 0.25) is 5.91 Å². The molecule has 0 radical (unpaired) electrons. The van der Waals surface area contributed by atoms with Gasteiger partial charge in [-0.15, -0.1) is 0 Å². The summed E-state index contributed by atoms with van der Waals surface area (Å²) in [7, 11) is 1.60. The van der Waals surface area contributed by atoms with Gasteiger partial charge in [0.1, 0.15) is 5.75 Å². The number of hydrogen-bond acceptors (Lipinski definition) is 4. The van der Waals surface area contributed by atoms with Gasteiger partial charge < -0.3 is 20.9 Å². The molecule has 1 saturated carbocycles. The highest BCUT2D eigenvalue weighted by Gasteiger charge is 2.26. The first kappa shape index (κ1) is 15.8. The molecular weight excluding hydrogens is 268 g/mol. The minimum atomic E-state index is -0.711. The summed E-state index contributed by atoms with van der Waals surface area (Å²) in [5.74, 6) is 0.984. The van der Waals surface area contributed by atoms with E-state index in [-0.39, 0.29) is 24.4 Å². The van der Waals surface area contributed by atoms with Crippen LogP contribution in [-0.4, -0.2) is 30.7 Å². The maximum atomic E-state index is 11.9. The number of rotatable bonds is 6. The Bertz CT molecular complexity index is 461. The first-order chi connectivity index (χ1) is 10.1. The van der Waals surface area contributed by atoms with Gasteiger partial charge in [0.15, 0.2) is 0 Å². The third-order valence-corrected chi connectivity index (χ3v) is 4.16. The van der Waals surface area contributed by atoms with E-state index >= 15 is 0 Å². The quantitative estimate of drug-likeness (QED) is 0.739. The monoisotopic (exact) mass is 292 g/mol. The van der Waals surface area contributed by atoms with Crippen LogP contribution < -0.4 is 15.8 Å². The first-order valence-electron chi connectivity index (χ1n) is 7.44. The van der Waals surface area contributed by atoms with E-state index in [2.05, 4.69) is 5.32 Å². The molecule has 1 amide bonds. The second-order valence-corrected chi connectivity index (χ2v) is 5.65. The Labute approximate surface area is 125 Å². The lowest BCUT2D eigenvalue weighted by molar-refractivity contribution is -0.122. The molecule has 1 aliphatic carbocycles. The Morgan fingerprint density at radius 2 is 2.14 bits per heavy atom. The lowest BCUT2D eigenvalue weighted by Crippen LogP contribution is -2.33. The number of nitrogens with two attached hydrogens (primary N) is 1. The molecule has 1 fully saturated rings. The number of benzene rings is 1. The van der Waals surface area contributed by atoms with Crippen molar-refractivity contribution in [3.05, 3.63) is 29.8 Å². The Morgan fingerprint density at radius 1 is 1.43 bits per heavy atom. The smallest absolute Gasteiger partial charge is 0.220 e. The topological polar surface area (TPSA) is 84.6 Å². The number of carbonyl (C=O) groups is 1. The molecular formula is C16H24N2O3. The van der Waals surface area contributed by atoms with Crippen LogP contribution in [0.5, 0.6) is 5.75 Å². The number of hydrogen-bond donors (Lipinski definition) is 3. The lowest BCUT2D eigenvalue weighted by atomic mass is 10.00. The summed E-state index contributed by atoms with van der Waals surface area (Å²) < 4.78 is 5.07. The molecule has 1 aromatic carbocycles. The molecule has 0 aliphatic heterocycles. The van der Waals surface area contributed by atoms with Crippen LogP contribution >= 0.6 is 0 Å². The molecule has 21 heavy (non-hydrogen) atoms. The average Bonchev–Trinajstić information content (AvgIpc) is 2.90. The molecule has 0 spiro atoms. The molecule has 0 aromatic heterocycles. The Kier molecular flexibility index (Phi) is 5.59. The lowest BCUT2D eigenvalue weighted by Gasteiger charge is -2.16. The van der Waals surface area contributed by atoms with Crippen molar-refractivity contribution < 1.29 is 14.6 Å². The zero-order valence-corrected chi connectivity index (χ0v) is 12.4. The van der Waals surface area contributed by atoms with Crippen molar-refractivity contribution in [1.29, 1.82) is 0 Å². The summed E-state index contributed by atoms with van der Waals surface area (Å²) >= 11 is 0. The van der Waals surface area contributed by atoms with Crippen LogP contribution in [-0.2, 0) is 4.79 Å². The van der Waals surface area contributed by atoms with E-state index in [1.807, 2.05) is 0 Å². The van der Waals surface area contributed by atoms with Crippen LogP contribution in [0.3, 0.4) is 0 Å². The van der Waals surface area contributed by atoms with Crippen molar-refractivity contribution in [2.75, 3.05) is 13.7 Å². The number of aliphatic hydroxyl groups excluding tert-OH is 1. The Balaban J connectivity index is 1.77. The van der Waals surface area contributed by atoms with E-state index in [4.69, 9.17) is 10.5 Å². The average molecular weight is 292 g/mol. The molecule has 5 heteroatoms. The largest absolute Gasteiger partial charge is 0.497 e. The maximum absolute atomic E-state index is 11.9. The van der Waals surface area contributed by atoms with E-state index in [0.29, 0.717) is 6.42 Å². The fourth-order valence-corrected chi connectivity index (χ4v) is 2.78. The number of nitrogens with one attached hydrogen (secondary N) is 1. The molecule has 0 heterocycles. The molecule has 3 atom stereocenters. The van der Waals surface area contributed by atoms with Crippen molar-refractivity contribution in [1.82, 2.24) is 5.32 Å². The summed E-state index contributed by atoms with van der Waals surface area (Å²) in [5.41, 5.74) is 6.72. The number of ether oxygens (including phenoxy) is 1. The van der Waals surface area contributed by atoms with Gasteiger partial charge in [0, 0.05) is 19.0 Å². The fourth-order valence-electron chi connectivity index (χ4n) is 2.78. The van der Waals surface area contributed by atoms with Crippen molar-refractivity contribution >= 4 is 5.91 Å². The second kappa shape index (κ2) is 7.43. The molecule has 116 valence electrons. The molecule has 4 N–H and O–H groups in total. The van der Waals surface area contributed by atoms with Crippen LogP contribution in [0.25, 0.3) is 0 Å². The minimum absolute atomic E-state index is 0.0371. The van der Waals surface area contributed by atoms with Crippen LogP contribution in [0, 0.1) is 5.92 Å². The Hall–Kier alpha value is -1.59. The minimum Gasteiger partial charge on any atom is -0.497 e. The summed E-state index contributed by atoms with van der Waals surface area (Å²) in [4.78, 5) is 11.9. The van der Waals surface area contributed by atoms with Gasteiger partial charge in [-0.3, -0.25) is 4.79 Å². The molecule has 5 nitrogen and oxygen atoms in total. The van der Waals surface area contributed by atoms with E-state index in [1.54, 1.807) is 31.4 Å². The van der Waals surface area contributed by atoms with Crippen molar-refractivity contribution in [3.8, 4) is 5.75 Å². The van der Waals surface area contributed by atoms with E-state index in [9.17, 15) is 9.90 Å². The normalized spacial score (nSPS) is 22.8. The molecule has 0 saturated heterocycles. The van der Waals surface area contributed by atoms with Gasteiger partial charge in [-0.05, 0) is 36.5 Å². The molecule has 0 bridgehead atoms. The summed E-state index contributed by atoms with van der Waals surface area (Å²) in [6.07, 6.45) is 2.88. The number of amides is 1. The predicted octanol–water partition coefficient (Wildman–Crippen LogP) is 1.36. The van der Waals surface area contributed by atoms with E-state index in [0.717, 1.165) is 30.6 Å². The van der Waals surface area contributed by atoms with Gasteiger partial charge in [0.25, 0.3) is 0 Å². The highest BCUT2D eigenvalue weighted by atomic mass is 16.5. The number of aliphatic hydroxyl groups is 1. The van der Waals surface area contributed by atoms with Gasteiger partial charge in [-0.25, -0.2) is 0 Å². The predicted molar refractivity (Wildman–Crippen MR) is 80.9 cm³/mol. The zero-order valence-electron chi connectivity index (χ0n) is 12.4.